The number of aryl methyl sites for hydroxylation is 2. The maximum absolute atomic E-state index is 7.01. The van der Waals surface area contributed by atoms with Crippen molar-refractivity contribution in [3.05, 3.63) is 145 Å². The molecule has 8 rings (SSSR count). The Bertz CT molecular complexity index is 2300. The van der Waals surface area contributed by atoms with E-state index in [1.54, 1.807) is 0 Å². The Kier molecular flexibility index (Phi) is 7.03. The summed E-state index contributed by atoms with van der Waals surface area (Å²) in [6.45, 7) is 4.17. The zero-order valence-electron chi connectivity index (χ0n) is 26.9. The molecule has 48 heavy (non-hydrogen) atoms. The smallest absolute Gasteiger partial charge is 0.116 e. The molecule has 226 valence electrons. The van der Waals surface area contributed by atoms with Gasteiger partial charge in [0.2, 0.25) is 0 Å². The van der Waals surface area contributed by atoms with Gasteiger partial charge in [0.1, 0.15) is 15.7 Å². The van der Waals surface area contributed by atoms with Crippen LogP contribution in [0.25, 0.3) is 32.3 Å². The topological polar surface area (TPSA) is 58.5 Å². The van der Waals surface area contributed by atoms with E-state index < -0.39 is 0 Å². The second-order valence-electron chi connectivity index (χ2n) is 12.5. The van der Waals surface area contributed by atoms with Gasteiger partial charge in [0, 0.05) is 33.5 Å². The van der Waals surface area contributed by atoms with Crippen LogP contribution >= 0.6 is 0 Å². The minimum Gasteiger partial charge on any atom is -0.397 e. The fourth-order valence-electron chi connectivity index (χ4n) is 7.01. The van der Waals surface area contributed by atoms with Gasteiger partial charge >= 0.3 is 0 Å². The molecule has 0 amide bonds. The van der Waals surface area contributed by atoms with E-state index in [2.05, 4.69) is 109 Å². The highest BCUT2D eigenvalue weighted by molar-refractivity contribution is 6.44. The first-order chi connectivity index (χ1) is 23.3. The SMILES string of the molecule is [B]c1cc2ccc3c(N(c4ccc(C)cc4)c4ccccc4N)c([B])cc4ccc(c1N(c1ccc(C)cc1)c1ccccc1N)c2c43. The van der Waals surface area contributed by atoms with Gasteiger partial charge in [-0.1, -0.05) is 107 Å². The molecule has 0 fully saturated rings. The van der Waals surface area contributed by atoms with Gasteiger partial charge in [-0.15, -0.1) is 0 Å². The van der Waals surface area contributed by atoms with Crippen LogP contribution in [0.3, 0.4) is 0 Å². The number of nitrogens with zero attached hydrogens (tertiary/aromatic N) is 2. The number of nitrogen functional groups attached to an aromatic ring is 2. The number of nitrogens with two attached hydrogens (primary N) is 2. The Morgan fingerprint density at radius 1 is 0.458 bits per heavy atom. The molecule has 8 aromatic rings. The summed E-state index contributed by atoms with van der Waals surface area (Å²) in [4.78, 5) is 4.35. The van der Waals surface area contributed by atoms with Crippen LogP contribution < -0.4 is 32.2 Å². The normalized spacial score (nSPS) is 11.5. The molecule has 0 saturated carbocycles. The first-order valence-electron chi connectivity index (χ1n) is 16.0. The molecule has 4 radical (unpaired) electrons. The van der Waals surface area contributed by atoms with E-state index in [1.165, 1.54) is 11.1 Å². The summed E-state index contributed by atoms with van der Waals surface area (Å²) in [5.74, 6) is 0. The quantitative estimate of drug-likeness (QED) is 0.112. The molecule has 0 aliphatic rings. The molecular weight excluding hydrogens is 582 g/mol. The van der Waals surface area contributed by atoms with Crippen molar-refractivity contribution in [3.63, 3.8) is 0 Å². The molecule has 0 bridgehead atoms. The van der Waals surface area contributed by atoms with Gasteiger partial charge in [-0.3, -0.25) is 0 Å². The van der Waals surface area contributed by atoms with E-state index in [0.717, 1.165) is 66.4 Å². The van der Waals surface area contributed by atoms with E-state index in [4.69, 9.17) is 27.2 Å². The van der Waals surface area contributed by atoms with Crippen molar-refractivity contribution in [2.75, 3.05) is 21.3 Å². The van der Waals surface area contributed by atoms with Crippen molar-refractivity contribution in [1.29, 1.82) is 0 Å². The molecule has 0 unspecified atom stereocenters. The largest absolute Gasteiger partial charge is 0.397 e. The van der Waals surface area contributed by atoms with Gasteiger partial charge < -0.3 is 21.3 Å². The summed E-state index contributed by atoms with van der Waals surface area (Å²) in [5.41, 5.74) is 23.7. The van der Waals surface area contributed by atoms with Crippen LogP contribution in [-0.2, 0) is 0 Å². The number of rotatable bonds is 6. The van der Waals surface area contributed by atoms with Gasteiger partial charge in [-0.05, 0) is 83.9 Å². The molecule has 0 saturated heterocycles. The first-order valence-corrected chi connectivity index (χ1v) is 16.0. The fraction of sp³-hybridized carbons (Fsp3) is 0.0476. The Labute approximate surface area is 283 Å². The first kappa shape index (κ1) is 29.5. The van der Waals surface area contributed by atoms with E-state index in [-0.39, 0.29) is 0 Å². The lowest BCUT2D eigenvalue weighted by Crippen LogP contribution is -2.22. The lowest BCUT2D eigenvalue weighted by molar-refractivity contribution is 1.30. The van der Waals surface area contributed by atoms with Crippen molar-refractivity contribution in [3.8, 4) is 0 Å². The van der Waals surface area contributed by atoms with Crippen LogP contribution in [0.4, 0.5) is 45.5 Å². The predicted molar refractivity (Wildman–Crippen MR) is 209 cm³/mol. The van der Waals surface area contributed by atoms with E-state index in [9.17, 15) is 0 Å². The molecular formula is C42H32B2N4. The molecule has 0 heterocycles. The molecule has 0 aromatic heterocycles. The summed E-state index contributed by atoms with van der Waals surface area (Å²) in [5, 5.41) is 6.34. The van der Waals surface area contributed by atoms with Gasteiger partial charge in [-0.25, -0.2) is 0 Å². The van der Waals surface area contributed by atoms with Crippen LogP contribution in [0.15, 0.2) is 133 Å². The lowest BCUT2D eigenvalue weighted by atomic mass is 9.81. The molecule has 0 aliphatic carbocycles. The summed E-state index contributed by atoms with van der Waals surface area (Å²) >= 11 is 0. The summed E-state index contributed by atoms with van der Waals surface area (Å²) in [7, 11) is 14.0. The summed E-state index contributed by atoms with van der Waals surface area (Å²) in [6, 6.07) is 45.4. The number of benzene rings is 8. The Balaban J connectivity index is 1.47. The van der Waals surface area contributed by atoms with E-state index in [1.807, 2.05) is 48.5 Å². The van der Waals surface area contributed by atoms with Crippen LogP contribution in [0, 0.1) is 13.8 Å². The average Bonchev–Trinajstić information content (AvgIpc) is 3.08. The summed E-state index contributed by atoms with van der Waals surface area (Å²) < 4.78 is 0. The third kappa shape index (κ3) is 4.72. The fourth-order valence-corrected chi connectivity index (χ4v) is 7.01. The van der Waals surface area contributed by atoms with Gasteiger partial charge in [-0.2, -0.15) is 0 Å². The van der Waals surface area contributed by atoms with Crippen LogP contribution in [0.1, 0.15) is 11.1 Å². The molecule has 4 N–H and O–H groups in total. The van der Waals surface area contributed by atoms with Crippen LogP contribution in [0.5, 0.6) is 0 Å². The minimum absolute atomic E-state index is 0.655. The Morgan fingerprint density at radius 3 is 1.21 bits per heavy atom. The molecule has 0 aliphatic heterocycles. The van der Waals surface area contributed by atoms with Gasteiger partial charge in [0.15, 0.2) is 0 Å². The van der Waals surface area contributed by atoms with Crippen LogP contribution in [0.2, 0.25) is 0 Å². The van der Waals surface area contributed by atoms with Crippen molar-refractivity contribution in [1.82, 2.24) is 0 Å². The monoisotopic (exact) mass is 614 g/mol. The van der Waals surface area contributed by atoms with Gasteiger partial charge in [0.05, 0.1) is 22.7 Å². The Hall–Kier alpha value is -5.87. The third-order valence-electron chi connectivity index (χ3n) is 9.29. The Morgan fingerprint density at radius 2 is 0.833 bits per heavy atom. The second-order valence-corrected chi connectivity index (χ2v) is 12.5. The maximum Gasteiger partial charge on any atom is 0.116 e. The predicted octanol–water partition coefficient (Wildman–Crippen LogP) is 8.89. The third-order valence-corrected chi connectivity index (χ3v) is 9.29. The number of anilines is 8. The molecule has 6 heteroatoms. The highest BCUT2D eigenvalue weighted by Gasteiger charge is 2.25. The molecule has 0 spiro atoms. The van der Waals surface area contributed by atoms with Crippen molar-refractivity contribution >= 4 is 104 Å². The van der Waals surface area contributed by atoms with E-state index >= 15 is 0 Å². The second kappa shape index (κ2) is 11.4. The van der Waals surface area contributed by atoms with Crippen molar-refractivity contribution in [2.24, 2.45) is 0 Å². The lowest BCUT2D eigenvalue weighted by Gasteiger charge is -2.32. The van der Waals surface area contributed by atoms with Crippen molar-refractivity contribution in [2.45, 2.75) is 13.8 Å². The van der Waals surface area contributed by atoms with E-state index in [0.29, 0.717) is 22.3 Å². The zero-order valence-corrected chi connectivity index (χ0v) is 26.9. The molecule has 4 nitrogen and oxygen atoms in total. The van der Waals surface area contributed by atoms with Crippen molar-refractivity contribution < 1.29 is 0 Å². The molecule has 0 atom stereocenters. The highest BCUT2D eigenvalue weighted by atomic mass is 15.2. The number of hydrogen-bond donors (Lipinski definition) is 2. The van der Waals surface area contributed by atoms with Crippen LogP contribution in [-0.4, -0.2) is 15.7 Å². The van der Waals surface area contributed by atoms with Gasteiger partial charge in [0.25, 0.3) is 0 Å². The summed E-state index contributed by atoms with van der Waals surface area (Å²) in [6.07, 6.45) is 0. The average molecular weight is 614 g/mol. The maximum atomic E-state index is 7.01. The number of hydrogen-bond acceptors (Lipinski definition) is 4. The molecule has 8 aromatic carbocycles. The zero-order chi connectivity index (χ0) is 33.1. The standard InChI is InChI=1S/C42H32B2N4/c1-25-11-17-29(18-12-25)47(37-9-5-3-7-35(37)45)41-31-21-15-28-24-34(44)42(32-22-16-27(23-33(41)43)39(31)40(28)32)48(30-19-13-26(2)14-20-30)38-10-6-4-8-36(38)46/h3-24H,45-46H2,1-2H3. The highest BCUT2D eigenvalue weighted by Crippen LogP contribution is 2.47. The number of para-hydroxylation sites is 4. The minimum atomic E-state index is 0.655.